The number of hydrogen-bond acceptors (Lipinski definition) is 5. The largest absolute Gasteiger partial charge is 0.472 e. The molecule has 5 aliphatic rings. The van der Waals surface area contributed by atoms with E-state index in [0.29, 0.717) is 30.8 Å². The predicted octanol–water partition coefficient (Wildman–Crippen LogP) is 5.11. The summed E-state index contributed by atoms with van der Waals surface area (Å²) in [5.74, 6) is 1.52. The van der Waals surface area contributed by atoms with Crippen molar-refractivity contribution in [2.45, 2.75) is 102 Å². The maximum atomic E-state index is 12.4. The minimum atomic E-state index is -1.00. The molecule has 5 fully saturated rings. The van der Waals surface area contributed by atoms with Crippen LogP contribution in [0, 0.1) is 28.6 Å². The van der Waals surface area contributed by atoms with Crippen LogP contribution in [0.5, 0.6) is 0 Å². The first-order chi connectivity index (χ1) is 16.3. The molecule has 2 N–H and O–H groups in total. The molecule has 3 unspecified atom stereocenters. The highest BCUT2D eigenvalue weighted by Gasteiger charge is 2.72. The van der Waals surface area contributed by atoms with Crippen molar-refractivity contribution in [3.8, 4) is 0 Å². The Hall–Kier alpha value is -0.880. The number of ether oxygens (including phenoxy) is 1. The lowest BCUT2D eigenvalue weighted by Crippen LogP contribution is -2.64. The minimum absolute atomic E-state index is 0.279. The predicted molar refractivity (Wildman–Crippen MR) is 131 cm³/mol. The van der Waals surface area contributed by atoms with E-state index in [-0.39, 0.29) is 11.3 Å². The molecule has 1 aromatic rings. The van der Waals surface area contributed by atoms with Crippen LogP contribution in [0.25, 0.3) is 0 Å². The Morgan fingerprint density at radius 1 is 1.00 bits per heavy atom. The topological polar surface area (TPSA) is 66.1 Å². The molecular weight excluding hydrogens is 426 g/mol. The molecule has 5 heteroatoms. The molecule has 0 aromatic carbocycles. The van der Waals surface area contributed by atoms with Gasteiger partial charge in [-0.2, -0.15) is 0 Å². The molecule has 0 radical (unpaired) electrons. The second kappa shape index (κ2) is 8.33. The van der Waals surface area contributed by atoms with Gasteiger partial charge in [-0.15, -0.1) is 0 Å². The summed E-state index contributed by atoms with van der Waals surface area (Å²) in [5, 5.41) is 24.3. The summed E-state index contributed by atoms with van der Waals surface area (Å²) < 4.78 is 11.8. The van der Waals surface area contributed by atoms with Crippen molar-refractivity contribution in [2.75, 3.05) is 26.2 Å². The average Bonchev–Trinajstić information content (AvgIpc) is 3.57. The fourth-order valence-corrected chi connectivity index (χ4v) is 9.67. The molecule has 2 heterocycles. The number of rotatable bonds is 5. The Morgan fingerprint density at radius 2 is 1.82 bits per heavy atom. The molecule has 8 atom stereocenters. The first-order valence-corrected chi connectivity index (χ1v) is 14.1. The van der Waals surface area contributed by atoms with Gasteiger partial charge >= 0.3 is 0 Å². The Bertz CT molecular complexity index is 867. The second-order valence-electron chi connectivity index (χ2n) is 13.0. The zero-order chi connectivity index (χ0) is 23.6. The normalized spacial score (nSPS) is 48.9. The molecule has 1 aromatic heterocycles. The highest BCUT2D eigenvalue weighted by atomic mass is 16.5. The Kier molecular flexibility index (Phi) is 5.76. The third-order valence-electron chi connectivity index (χ3n) is 11.9. The third kappa shape index (κ3) is 3.26. The van der Waals surface area contributed by atoms with Gasteiger partial charge in [-0.3, -0.25) is 0 Å². The van der Waals surface area contributed by atoms with Gasteiger partial charge in [0.2, 0.25) is 0 Å². The maximum Gasteiger partial charge on any atom is 0.101 e. The van der Waals surface area contributed by atoms with Crippen LogP contribution in [-0.2, 0) is 10.3 Å². The highest BCUT2D eigenvalue weighted by Crippen LogP contribution is 2.71. The SMILES string of the molecule is C[C@]12CCC(OCCN3CCCC3)CC1CC[C@@H]1[C@H]2CC[C@]2(C)C(O)(c3ccoc3)CC[C@@]12O. The van der Waals surface area contributed by atoms with Crippen LogP contribution in [0.4, 0.5) is 0 Å². The number of fused-ring (bicyclic) bond motifs is 5. The van der Waals surface area contributed by atoms with Crippen LogP contribution < -0.4 is 0 Å². The summed E-state index contributed by atoms with van der Waals surface area (Å²) in [6.45, 7) is 9.14. The van der Waals surface area contributed by atoms with Gasteiger partial charge in [-0.1, -0.05) is 13.8 Å². The lowest BCUT2D eigenvalue weighted by atomic mass is 9.43. The van der Waals surface area contributed by atoms with E-state index < -0.39 is 16.6 Å². The Labute approximate surface area is 205 Å². The van der Waals surface area contributed by atoms with Crippen LogP contribution in [0.1, 0.15) is 90.0 Å². The van der Waals surface area contributed by atoms with Crippen LogP contribution in [0.15, 0.2) is 23.0 Å². The summed E-state index contributed by atoms with van der Waals surface area (Å²) in [6, 6.07) is 1.90. The van der Waals surface area contributed by atoms with Gasteiger partial charge in [0.25, 0.3) is 0 Å². The Morgan fingerprint density at radius 3 is 2.59 bits per heavy atom. The van der Waals surface area contributed by atoms with E-state index in [0.717, 1.165) is 44.4 Å². The molecule has 0 bridgehead atoms. The molecule has 190 valence electrons. The number of aliphatic hydroxyl groups is 2. The zero-order valence-corrected chi connectivity index (χ0v) is 21.3. The van der Waals surface area contributed by atoms with Crippen LogP contribution >= 0.6 is 0 Å². The van der Waals surface area contributed by atoms with Gasteiger partial charge in [-0.05, 0) is 113 Å². The number of furan rings is 1. The van der Waals surface area contributed by atoms with Gasteiger partial charge in [0.15, 0.2) is 0 Å². The fraction of sp³-hybridized carbons (Fsp3) is 0.862. The maximum absolute atomic E-state index is 12.4. The van der Waals surface area contributed by atoms with Crippen molar-refractivity contribution in [1.82, 2.24) is 4.90 Å². The van der Waals surface area contributed by atoms with Gasteiger partial charge in [-0.25, -0.2) is 0 Å². The van der Waals surface area contributed by atoms with Gasteiger partial charge in [0, 0.05) is 17.5 Å². The van der Waals surface area contributed by atoms with Crippen molar-refractivity contribution < 1.29 is 19.4 Å². The first kappa shape index (κ1) is 23.5. The highest BCUT2D eigenvalue weighted by molar-refractivity contribution is 5.30. The fourth-order valence-electron chi connectivity index (χ4n) is 9.67. The van der Waals surface area contributed by atoms with E-state index in [2.05, 4.69) is 18.7 Å². The molecule has 5 nitrogen and oxygen atoms in total. The van der Waals surface area contributed by atoms with Crippen molar-refractivity contribution in [3.05, 3.63) is 24.2 Å². The summed E-state index contributed by atoms with van der Waals surface area (Å²) in [6.07, 6.45) is 15.6. The summed E-state index contributed by atoms with van der Waals surface area (Å²) in [5.41, 5.74) is -1.21. The molecule has 4 saturated carbocycles. The van der Waals surface area contributed by atoms with E-state index in [9.17, 15) is 10.2 Å². The molecule has 1 saturated heterocycles. The molecule has 6 rings (SSSR count). The van der Waals surface area contributed by atoms with Crippen molar-refractivity contribution in [3.63, 3.8) is 0 Å². The van der Waals surface area contributed by atoms with Crippen LogP contribution in [0.3, 0.4) is 0 Å². The number of hydrogen-bond donors (Lipinski definition) is 2. The van der Waals surface area contributed by atoms with Gasteiger partial charge in [0.1, 0.15) is 5.60 Å². The van der Waals surface area contributed by atoms with E-state index >= 15 is 0 Å². The van der Waals surface area contributed by atoms with Crippen molar-refractivity contribution in [1.29, 1.82) is 0 Å². The van der Waals surface area contributed by atoms with E-state index in [1.807, 2.05) is 6.07 Å². The van der Waals surface area contributed by atoms with Gasteiger partial charge in [0.05, 0.1) is 30.8 Å². The zero-order valence-electron chi connectivity index (χ0n) is 21.3. The standard InChI is InChI=1S/C29H45NO4/c1-26-10-7-23(34-18-16-30-14-3-4-15-30)19-21(26)5-6-25-24(26)8-11-27(2)28(31,12-13-29(25,27)32)22-9-17-33-20-22/h9,17,20-21,23-25,31-32H,3-8,10-16,18-19H2,1-2H3/t21?,23?,24-,25-,26+,27-,28?,29-/m1/s1. The second-order valence-corrected chi connectivity index (χ2v) is 13.0. The van der Waals surface area contributed by atoms with Crippen LogP contribution in [0.2, 0.25) is 0 Å². The smallest absolute Gasteiger partial charge is 0.101 e. The Balaban J connectivity index is 1.16. The quantitative estimate of drug-likeness (QED) is 0.625. The number of nitrogens with zero attached hydrogens (tertiary/aromatic N) is 1. The molecular formula is C29H45NO4. The lowest BCUT2D eigenvalue weighted by molar-refractivity contribution is -0.239. The van der Waals surface area contributed by atoms with Crippen molar-refractivity contribution in [2.24, 2.45) is 28.6 Å². The van der Waals surface area contributed by atoms with E-state index in [1.54, 1.807) is 12.5 Å². The average molecular weight is 472 g/mol. The molecule has 0 spiro atoms. The lowest BCUT2D eigenvalue weighted by Gasteiger charge is -2.64. The molecule has 1 aliphatic heterocycles. The first-order valence-electron chi connectivity index (χ1n) is 14.1. The van der Waals surface area contributed by atoms with Gasteiger partial charge < -0.3 is 24.3 Å². The monoisotopic (exact) mass is 471 g/mol. The molecule has 4 aliphatic carbocycles. The third-order valence-corrected chi connectivity index (χ3v) is 11.9. The summed E-state index contributed by atoms with van der Waals surface area (Å²) >= 11 is 0. The van der Waals surface area contributed by atoms with E-state index in [1.165, 1.54) is 45.2 Å². The minimum Gasteiger partial charge on any atom is -0.472 e. The van der Waals surface area contributed by atoms with Crippen LogP contribution in [-0.4, -0.2) is 53.1 Å². The molecule has 34 heavy (non-hydrogen) atoms. The summed E-state index contributed by atoms with van der Waals surface area (Å²) in [7, 11) is 0. The van der Waals surface area contributed by atoms with Crippen molar-refractivity contribution >= 4 is 0 Å². The number of likely N-dealkylation sites (tertiary alicyclic amines) is 1. The van der Waals surface area contributed by atoms with E-state index in [4.69, 9.17) is 9.15 Å². The molecule has 0 amide bonds. The summed E-state index contributed by atoms with van der Waals surface area (Å²) in [4.78, 5) is 2.55.